The van der Waals surface area contributed by atoms with Crippen molar-refractivity contribution in [3.8, 4) is 0 Å². The number of amides is 1. The second-order valence-electron chi connectivity index (χ2n) is 9.65. The van der Waals surface area contributed by atoms with Gasteiger partial charge in [0, 0.05) is 38.1 Å². The molecule has 1 aromatic carbocycles. The molecule has 170 valence electrons. The van der Waals surface area contributed by atoms with E-state index < -0.39 is 0 Å². The van der Waals surface area contributed by atoms with E-state index in [1.54, 1.807) is 0 Å². The Morgan fingerprint density at radius 2 is 1.63 bits per heavy atom. The highest BCUT2D eigenvalue weighted by atomic mass is 35.5. The highest BCUT2D eigenvalue weighted by molar-refractivity contribution is 5.85. The number of rotatable bonds is 5. The Balaban J connectivity index is 0.00000160. The maximum atomic E-state index is 13.1. The Kier molecular flexibility index (Phi) is 9.93. The van der Waals surface area contributed by atoms with Crippen LogP contribution in [-0.2, 0) is 11.3 Å². The second kappa shape index (κ2) is 11.7. The van der Waals surface area contributed by atoms with E-state index in [9.17, 15) is 4.79 Å². The Bertz CT molecular complexity index is 637. The molecule has 2 N–H and O–H groups in total. The summed E-state index contributed by atoms with van der Waals surface area (Å²) in [5.74, 6) is 2.56. The first-order valence-corrected chi connectivity index (χ1v) is 11.4. The summed E-state index contributed by atoms with van der Waals surface area (Å²) in [7, 11) is 2.22. The first-order valence-electron chi connectivity index (χ1n) is 11.4. The lowest BCUT2D eigenvalue weighted by molar-refractivity contribution is -0.140. The van der Waals surface area contributed by atoms with Crippen LogP contribution in [0.3, 0.4) is 0 Å². The van der Waals surface area contributed by atoms with Gasteiger partial charge in [0.05, 0.1) is 0 Å². The summed E-state index contributed by atoms with van der Waals surface area (Å²) in [6.07, 6.45) is 8.14. The second-order valence-corrected chi connectivity index (χ2v) is 9.65. The third-order valence-corrected chi connectivity index (χ3v) is 7.55. The van der Waals surface area contributed by atoms with Crippen molar-refractivity contribution in [1.29, 1.82) is 0 Å². The number of likely N-dealkylation sites (tertiary alicyclic amines) is 1. The molecule has 3 aliphatic rings. The molecule has 30 heavy (non-hydrogen) atoms. The quantitative estimate of drug-likeness (QED) is 0.717. The van der Waals surface area contributed by atoms with Gasteiger partial charge in [-0.2, -0.15) is 0 Å². The first kappa shape index (κ1) is 25.5. The minimum Gasteiger partial charge on any atom is -0.342 e. The molecule has 1 aliphatic heterocycles. The van der Waals surface area contributed by atoms with E-state index in [4.69, 9.17) is 5.73 Å². The molecule has 1 aromatic rings. The summed E-state index contributed by atoms with van der Waals surface area (Å²) >= 11 is 0. The van der Waals surface area contributed by atoms with Gasteiger partial charge >= 0.3 is 0 Å². The summed E-state index contributed by atoms with van der Waals surface area (Å²) in [4.78, 5) is 17.7. The van der Waals surface area contributed by atoms with Gasteiger partial charge in [-0.15, -0.1) is 24.8 Å². The van der Waals surface area contributed by atoms with Gasteiger partial charge in [-0.05, 0) is 68.9 Å². The monoisotopic (exact) mass is 455 g/mol. The summed E-state index contributed by atoms with van der Waals surface area (Å²) in [6, 6.07) is 11.0. The number of benzene rings is 1. The zero-order chi connectivity index (χ0) is 19.5. The van der Waals surface area contributed by atoms with Gasteiger partial charge in [-0.25, -0.2) is 0 Å². The smallest absolute Gasteiger partial charge is 0.225 e. The number of piperidine rings is 1. The van der Waals surface area contributed by atoms with E-state index >= 15 is 0 Å². The Morgan fingerprint density at radius 1 is 1.03 bits per heavy atom. The minimum absolute atomic E-state index is 0. The Hall–Kier alpha value is -0.810. The molecule has 1 saturated heterocycles. The molecular weight excluding hydrogens is 417 g/mol. The molecule has 2 bridgehead atoms. The number of halogens is 2. The number of fused-ring (bicyclic) bond motifs is 2. The van der Waals surface area contributed by atoms with Crippen molar-refractivity contribution in [2.45, 2.75) is 57.5 Å². The van der Waals surface area contributed by atoms with Crippen LogP contribution in [0.4, 0.5) is 0 Å². The van der Waals surface area contributed by atoms with Crippen molar-refractivity contribution in [2.75, 3.05) is 26.7 Å². The van der Waals surface area contributed by atoms with E-state index in [-0.39, 0.29) is 30.7 Å². The van der Waals surface area contributed by atoms with Crippen LogP contribution in [0, 0.1) is 23.7 Å². The van der Waals surface area contributed by atoms with Crippen molar-refractivity contribution < 1.29 is 4.79 Å². The molecule has 6 heteroatoms. The lowest BCUT2D eigenvalue weighted by atomic mass is 9.65. The number of nitrogens with zero attached hydrogens (tertiary/aromatic N) is 2. The number of carbonyl (C=O) groups excluding carboxylic acids is 1. The fourth-order valence-corrected chi connectivity index (χ4v) is 5.99. The molecule has 4 nitrogen and oxygen atoms in total. The molecule has 0 spiro atoms. The molecule has 2 aliphatic carbocycles. The SMILES string of the molecule is CN(Cc1ccccc1)CC1CCN(C(=O)C2CC3CCCC(C2)C3N)CC1.Cl.Cl. The summed E-state index contributed by atoms with van der Waals surface area (Å²) in [6.45, 7) is 4.02. The molecule has 2 saturated carbocycles. The van der Waals surface area contributed by atoms with Gasteiger partial charge < -0.3 is 15.5 Å². The third kappa shape index (κ3) is 6.12. The molecule has 3 fully saturated rings. The van der Waals surface area contributed by atoms with Crippen LogP contribution in [0.25, 0.3) is 0 Å². The lowest BCUT2D eigenvalue weighted by Gasteiger charge is -2.45. The molecule has 1 amide bonds. The molecule has 2 atom stereocenters. The van der Waals surface area contributed by atoms with Crippen molar-refractivity contribution >= 4 is 30.7 Å². The molecule has 0 aromatic heterocycles. The van der Waals surface area contributed by atoms with Gasteiger partial charge in [0.15, 0.2) is 0 Å². The highest BCUT2D eigenvalue weighted by Gasteiger charge is 2.42. The van der Waals surface area contributed by atoms with Crippen molar-refractivity contribution in [2.24, 2.45) is 29.4 Å². The van der Waals surface area contributed by atoms with Crippen LogP contribution < -0.4 is 5.73 Å². The predicted octanol–water partition coefficient (Wildman–Crippen LogP) is 4.35. The summed E-state index contributed by atoms with van der Waals surface area (Å²) in [5, 5.41) is 0. The maximum absolute atomic E-state index is 13.1. The molecule has 0 radical (unpaired) electrons. The van der Waals surface area contributed by atoms with Crippen molar-refractivity contribution in [3.63, 3.8) is 0 Å². The van der Waals surface area contributed by atoms with Gasteiger partial charge in [-0.1, -0.05) is 36.8 Å². The summed E-state index contributed by atoms with van der Waals surface area (Å²) < 4.78 is 0. The van der Waals surface area contributed by atoms with E-state index in [0.29, 0.717) is 29.7 Å². The summed E-state index contributed by atoms with van der Waals surface area (Å²) in [5.41, 5.74) is 7.79. The van der Waals surface area contributed by atoms with E-state index in [2.05, 4.69) is 47.2 Å². The molecule has 4 rings (SSSR count). The zero-order valence-corrected chi connectivity index (χ0v) is 19.9. The van der Waals surface area contributed by atoms with E-state index in [1.807, 2.05) is 0 Å². The minimum atomic E-state index is 0. The topological polar surface area (TPSA) is 49.6 Å². The average molecular weight is 457 g/mol. The molecule has 2 unspecified atom stereocenters. The number of nitrogens with two attached hydrogens (primary N) is 1. The normalized spacial score (nSPS) is 29.1. The highest BCUT2D eigenvalue weighted by Crippen LogP contribution is 2.42. The van der Waals surface area contributed by atoms with Crippen LogP contribution in [0.1, 0.15) is 50.5 Å². The van der Waals surface area contributed by atoms with Gasteiger partial charge in [0.25, 0.3) is 0 Å². The van der Waals surface area contributed by atoms with E-state index in [0.717, 1.165) is 51.9 Å². The van der Waals surface area contributed by atoms with Crippen molar-refractivity contribution in [3.05, 3.63) is 35.9 Å². The van der Waals surface area contributed by atoms with Gasteiger partial charge in [-0.3, -0.25) is 4.79 Å². The Labute approximate surface area is 194 Å². The van der Waals surface area contributed by atoms with Crippen LogP contribution in [0.15, 0.2) is 30.3 Å². The van der Waals surface area contributed by atoms with Crippen molar-refractivity contribution in [1.82, 2.24) is 9.80 Å². The number of hydrogen-bond acceptors (Lipinski definition) is 3. The molecular formula is C24H39Cl2N3O. The number of carbonyl (C=O) groups is 1. The average Bonchev–Trinajstić information content (AvgIpc) is 2.68. The Morgan fingerprint density at radius 3 is 2.23 bits per heavy atom. The third-order valence-electron chi connectivity index (χ3n) is 7.55. The van der Waals surface area contributed by atoms with Crippen LogP contribution in [0.5, 0.6) is 0 Å². The van der Waals surface area contributed by atoms with Crippen LogP contribution in [-0.4, -0.2) is 48.4 Å². The fraction of sp³-hybridized carbons (Fsp3) is 0.708. The molecule has 1 heterocycles. The fourth-order valence-electron chi connectivity index (χ4n) is 5.99. The number of hydrogen-bond donors (Lipinski definition) is 1. The maximum Gasteiger partial charge on any atom is 0.225 e. The first-order chi connectivity index (χ1) is 13.6. The van der Waals surface area contributed by atoms with Crippen LogP contribution in [0.2, 0.25) is 0 Å². The predicted molar refractivity (Wildman–Crippen MR) is 128 cm³/mol. The van der Waals surface area contributed by atoms with E-state index in [1.165, 1.54) is 24.8 Å². The van der Waals surface area contributed by atoms with Crippen LogP contribution >= 0.6 is 24.8 Å². The van der Waals surface area contributed by atoms with Gasteiger partial charge in [0.2, 0.25) is 5.91 Å². The zero-order valence-electron chi connectivity index (χ0n) is 18.2. The largest absolute Gasteiger partial charge is 0.342 e. The standard InChI is InChI=1S/C24H37N3O.2ClH/c1-26(16-18-6-3-2-4-7-18)17-19-10-12-27(13-11-19)24(28)22-14-20-8-5-9-21(15-22)23(20)25;;/h2-4,6-7,19-23H,5,8-17,25H2,1H3;2*1H. The van der Waals surface area contributed by atoms with Gasteiger partial charge in [0.1, 0.15) is 0 Å². The lowest BCUT2D eigenvalue weighted by Crippen LogP contribution is -2.51.